The quantitative estimate of drug-likeness (QED) is 0.691. The molecule has 0 aliphatic carbocycles. The lowest BCUT2D eigenvalue weighted by atomic mass is 10.2. The van der Waals surface area contributed by atoms with Crippen molar-refractivity contribution >= 4 is 46.6 Å². The molecular formula is C22H24Cl2N4O3. The first kappa shape index (κ1) is 23.1. The molecule has 0 aromatic heterocycles. The Morgan fingerprint density at radius 1 is 0.935 bits per heavy atom. The van der Waals surface area contributed by atoms with E-state index in [4.69, 9.17) is 23.2 Å². The topological polar surface area (TPSA) is 81.8 Å². The van der Waals surface area contributed by atoms with Gasteiger partial charge in [0.15, 0.2) is 0 Å². The molecule has 1 fully saturated rings. The molecule has 1 aliphatic heterocycles. The van der Waals surface area contributed by atoms with Crippen LogP contribution in [0.15, 0.2) is 48.5 Å². The number of hydrogen-bond acceptors (Lipinski definition) is 4. The first-order chi connectivity index (χ1) is 14.8. The molecule has 7 nitrogen and oxygen atoms in total. The minimum Gasteiger partial charge on any atom is -0.340 e. The fourth-order valence-corrected chi connectivity index (χ4v) is 3.74. The van der Waals surface area contributed by atoms with E-state index in [-0.39, 0.29) is 24.3 Å². The standard InChI is InChI=1S/C22H24Cl2N4O3/c1-15(25-21(30)16-6-2-3-7-17(16)23)22(31)28-12-10-27(11-13-28)14-20(29)26-19-9-5-4-8-18(19)24/h2-9,15H,10-14H2,1H3,(H,25,30)(H,26,29)/t15-/m0/s1. The molecule has 0 radical (unpaired) electrons. The molecule has 1 heterocycles. The van der Waals surface area contributed by atoms with Crippen LogP contribution in [0.25, 0.3) is 0 Å². The highest BCUT2D eigenvalue weighted by atomic mass is 35.5. The summed E-state index contributed by atoms with van der Waals surface area (Å²) in [6.07, 6.45) is 0. The van der Waals surface area contributed by atoms with Gasteiger partial charge in [0.05, 0.1) is 27.8 Å². The maximum atomic E-state index is 12.7. The molecule has 31 heavy (non-hydrogen) atoms. The number of hydrogen-bond donors (Lipinski definition) is 2. The van der Waals surface area contributed by atoms with E-state index in [0.717, 1.165) is 0 Å². The minimum absolute atomic E-state index is 0.159. The first-order valence-corrected chi connectivity index (χ1v) is 10.7. The number of halogens is 2. The summed E-state index contributed by atoms with van der Waals surface area (Å²) in [5.41, 5.74) is 0.907. The second-order valence-electron chi connectivity index (χ2n) is 7.30. The average Bonchev–Trinajstić information content (AvgIpc) is 2.75. The molecule has 1 aliphatic rings. The Hall–Kier alpha value is -2.61. The molecule has 3 amide bonds. The average molecular weight is 463 g/mol. The lowest BCUT2D eigenvalue weighted by Crippen LogP contribution is -2.55. The van der Waals surface area contributed by atoms with Crippen molar-refractivity contribution in [2.75, 3.05) is 38.0 Å². The Labute approximate surface area is 191 Å². The summed E-state index contributed by atoms with van der Waals surface area (Å²) in [4.78, 5) is 41.1. The summed E-state index contributed by atoms with van der Waals surface area (Å²) >= 11 is 12.1. The van der Waals surface area contributed by atoms with Gasteiger partial charge in [-0.1, -0.05) is 47.5 Å². The van der Waals surface area contributed by atoms with Gasteiger partial charge in [-0.15, -0.1) is 0 Å². The van der Waals surface area contributed by atoms with E-state index >= 15 is 0 Å². The summed E-state index contributed by atoms with van der Waals surface area (Å²) in [5.74, 6) is -0.713. The zero-order valence-corrected chi connectivity index (χ0v) is 18.6. The summed E-state index contributed by atoms with van der Waals surface area (Å²) in [7, 11) is 0. The van der Waals surface area contributed by atoms with Crippen LogP contribution in [0, 0.1) is 0 Å². The number of rotatable bonds is 6. The number of amides is 3. The predicted molar refractivity (Wildman–Crippen MR) is 121 cm³/mol. The van der Waals surface area contributed by atoms with Gasteiger partial charge in [0.2, 0.25) is 11.8 Å². The van der Waals surface area contributed by atoms with Gasteiger partial charge >= 0.3 is 0 Å². The zero-order chi connectivity index (χ0) is 22.4. The highest BCUT2D eigenvalue weighted by molar-refractivity contribution is 6.34. The van der Waals surface area contributed by atoms with Crippen molar-refractivity contribution < 1.29 is 14.4 Å². The van der Waals surface area contributed by atoms with Crippen molar-refractivity contribution in [3.05, 3.63) is 64.1 Å². The highest BCUT2D eigenvalue weighted by Crippen LogP contribution is 2.20. The number of carbonyl (C=O) groups excluding carboxylic acids is 3. The number of carbonyl (C=O) groups is 3. The van der Waals surface area contributed by atoms with Crippen LogP contribution in [-0.4, -0.2) is 66.3 Å². The molecule has 0 bridgehead atoms. The molecule has 2 aromatic carbocycles. The van der Waals surface area contributed by atoms with Crippen molar-refractivity contribution in [3.8, 4) is 0 Å². The number of anilines is 1. The van der Waals surface area contributed by atoms with E-state index in [1.54, 1.807) is 60.4 Å². The summed E-state index contributed by atoms with van der Waals surface area (Å²) in [5, 5.41) is 6.33. The van der Waals surface area contributed by atoms with Gasteiger partial charge in [0, 0.05) is 26.2 Å². The van der Waals surface area contributed by atoms with E-state index in [0.29, 0.717) is 47.5 Å². The van der Waals surface area contributed by atoms with Crippen LogP contribution in [0.5, 0.6) is 0 Å². The van der Waals surface area contributed by atoms with Gasteiger partial charge in [-0.05, 0) is 31.2 Å². The third kappa shape index (κ3) is 6.19. The number of para-hydroxylation sites is 1. The third-order valence-corrected chi connectivity index (χ3v) is 5.69. The second kappa shape index (κ2) is 10.6. The van der Waals surface area contributed by atoms with Crippen LogP contribution >= 0.6 is 23.2 Å². The fraction of sp³-hybridized carbons (Fsp3) is 0.318. The predicted octanol–water partition coefficient (Wildman–Crippen LogP) is 2.89. The van der Waals surface area contributed by atoms with E-state index in [1.807, 2.05) is 4.90 Å². The van der Waals surface area contributed by atoms with Crippen molar-refractivity contribution in [1.29, 1.82) is 0 Å². The number of piperazine rings is 1. The normalized spacial score (nSPS) is 15.3. The molecule has 164 valence electrons. The van der Waals surface area contributed by atoms with Crippen LogP contribution in [0.1, 0.15) is 17.3 Å². The molecule has 2 aromatic rings. The molecule has 9 heteroatoms. The van der Waals surface area contributed by atoms with E-state index in [9.17, 15) is 14.4 Å². The van der Waals surface area contributed by atoms with Crippen LogP contribution in [-0.2, 0) is 9.59 Å². The number of benzene rings is 2. The van der Waals surface area contributed by atoms with E-state index in [2.05, 4.69) is 10.6 Å². The lowest BCUT2D eigenvalue weighted by molar-refractivity contribution is -0.134. The van der Waals surface area contributed by atoms with Gasteiger partial charge in [0.25, 0.3) is 5.91 Å². The Balaban J connectivity index is 1.46. The van der Waals surface area contributed by atoms with Crippen LogP contribution in [0.4, 0.5) is 5.69 Å². The van der Waals surface area contributed by atoms with Crippen LogP contribution in [0.3, 0.4) is 0 Å². The maximum Gasteiger partial charge on any atom is 0.253 e. The molecule has 0 saturated carbocycles. The molecule has 1 atom stereocenters. The van der Waals surface area contributed by atoms with Gasteiger partial charge in [-0.2, -0.15) is 0 Å². The lowest BCUT2D eigenvalue weighted by Gasteiger charge is -2.35. The maximum absolute atomic E-state index is 12.7. The third-order valence-electron chi connectivity index (χ3n) is 5.04. The molecule has 1 saturated heterocycles. The van der Waals surface area contributed by atoms with E-state index in [1.165, 1.54) is 0 Å². The summed E-state index contributed by atoms with van der Waals surface area (Å²) < 4.78 is 0. The Morgan fingerprint density at radius 3 is 2.19 bits per heavy atom. The van der Waals surface area contributed by atoms with Crippen molar-refractivity contribution in [2.45, 2.75) is 13.0 Å². The zero-order valence-electron chi connectivity index (χ0n) is 17.1. The van der Waals surface area contributed by atoms with E-state index < -0.39 is 6.04 Å². The van der Waals surface area contributed by atoms with Crippen molar-refractivity contribution in [3.63, 3.8) is 0 Å². The molecule has 2 N–H and O–H groups in total. The first-order valence-electron chi connectivity index (χ1n) is 9.96. The SMILES string of the molecule is C[C@H](NC(=O)c1ccccc1Cl)C(=O)N1CCN(CC(=O)Nc2ccccc2Cl)CC1. The molecule has 0 spiro atoms. The van der Waals surface area contributed by atoms with Gasteiger partial charge in [-0.3, -0.25) is 19.3 Å². The van der Waals surface area contributed by atoms with Crippen LogP contribution < -0.4 is 10.6 Å². The molecule has 0 unspecified atom stereocenters. The van der Waals surface area contributed by atoms with Crippen LogP contribution in [0.2, 0.25) is 10.0 Å². The summed E-state index contributed by atoms with van der Waals surface area (Å²) in [6, 6.07) is 13.1. The Kier molecular flexibility index (Phi) is 7.90. The fourth-order valence-electron chi connectivity index (χ4n) is 3.34. The Bertz CT molecular complexity index is 961. The number of nitrogens with zero attached hydrogens (tertiary/aromatic N) is 2. The van der Waals surface area contributed by atoms with Gasteiger partial charge in [-0.25, -0.2) is 0 Å². The number of nitrogens with one attached hydrogen (secondary N) is 2. The summed E-state index contributed by atoms with van der Waals surface area (Å²) in [6.45, 7) is 3.95. The van der Waals surface area contributed by atoms with Gasteiger partial charge in [0.1, 0.15) is 6.04 Å². The van der Waals surface area contributed by atoms with Crippen molar-refractivity contribution in [1.82, 2.24) is 15.1 Å². The smallest absolute Gasteiger partial charge is 0.253 e. The Morgan fingerprint density at radius 2 is 1.55 bits per heavy atom. The molecular weight excluding hydrogens is 439 g/mol. The highest BCUT2D eigenvalue weighted by Gasteiger charge is 2.27. The minimum atomic E-state index is -0.682. The second-order valence-corrected chi connectivity index (χ2v) is 8.12. The molecule has 3 rings (SSSR count). The van der Waals surface area contributed by atoms with Gasteiger partial charge < -0.3 is 15.5 Å². The monoisotopic (exact) mass is 462 g/mol. The van der Waals surface area contributed by atoms with Crippen molar-refractivity contribution in [2.24, 2.45) is 0 Å². The largest absolute Gasteiger partial charge is 0.340 e.